The van der Waals surface area contributed by atoms with Crippen LogP contribution < -0.4 is 18.9 Å². The summed E-state index contributed by atoms with van der Waals surface area (Å²) in [5.74, 6) is 1.83. The predicted octanol–water partition coefficient (Wildman–Crippen LogP) is 3.66. The molecule has 0 radical (unpaired) electrons. The second-order valence-electron chi connectivity index (χ2n) is 8.83. The minimum absolute atomic E-state index is 0.00583. The van der Waals surface area contributed by atoms with Crippen molar-refractivity contribution < 1.29 is 39.1 Å². The minimum atomic E-state index is -2.31. The van der Waals surface area contributed by atoms with Crippen LogP contribution in [0.5, 0.6) is 23.0 Å². The number of alkyl halides is 1. The molecule has 0 aromatic heterocycles. The van der Waals surface area contributed by atoms with Gasteiger partial charge in [-0.1, -0.05) is 28.1 Å². The van der Waals surface area contributed by atoms with Crippen LogP contribution in [-0.4, -0.2) is 85.7 Å². The van der Waals surface area contributed by atoms with Gasteiger partial charge in [-0.2, -0.15) is 0 Å². The van der Waals surface area contributed by atoms with Crippen molar-refractivity contribution >= 4 is 21.9 Å². The standard InChI is InChI=1S/C18H20O7.C8H15NO.CH3Br/c1-22-13-7-5-11(9-15(13)24-3)18(21,17(19)20)12-6-8-14(23-2)16(10-12)25-4;1-9-6-2-3-7(9)5-8(10)4-6;1-2/h5-10,21H,1-4H3,(H,19,20);6-8,10H,2-5H2,1H3;1H3/t;6-,7+,8+;. The molecule has 10 heteroatoms. The molecular formula is C27H38BrNO8. The number of carbonyl (C=O) groups is 1. The van der Waals surface area contributed by atoms with Crippen LogP contribution in [-0.2, 0) is 10.4 Å². The highest BCUT2D eigenvalue weighted by Crippen LogP contribution is 2.39. The van der Waals surface area contributed by atoms with Crippen molar-refractivity contribution in [2.45, 2.75) is 49.5 Å². The van der Waals surface area contributed by atoms with Crippen LogP contribution in [0.25, 0.3) is 0 Å². The molecule has 0 aliphatic carbocycles. The third-order valence-electron chi connectivity index (χ3n) is 6.99. The maximum atomic E-state index is 11.9. The number of aliphatic carboxylic acids is 1. The molecule has 2 fully saturated rings. The molecule has 2 aliphatic rings. The zero-order valence-corrected chi connectivity index (χ0v) is 23.8. The maximum Gasteiger partial charge on any atom is 0.345 e. The van der Waals surface area contributed by atoms with Crippen LogP contribution in [0.4, 0.5) is 0 Å². The molecule has 0 amide bonds. The molecule has 2 aliphatic heterocycles. The quantitative estimate of drug-likeness (QED) is 0.419. The van der Waals surface area contributed by atoms with E-state index < -0.39 is 11.6 Å². The summed E-state index contributed by atoms with van der Waals surface area (Å²) >= 11 is 2.94. The second kappa shape index (κ2) is 13.9. The first-order valence-electron chi connectivity index (χ1n) is 11.9. The molecule has 0 unspecified atom stereocenters. The number of ether oxygens (including phenoxy) is 4. The Kier molecular flexibility index (Phi) is 11.5. The first kappa shape index (κ1) is 30.7. The Bertz CT molecular complexity index is 964. The number of nitrogens with zero attached hydrogens (tertiary/aromatic N) is 1. The fourth-order valence-electron chi connectivity index (χ4n) is 4.92. The Labute approximate surface area is 227 Å². The van der Waals surface area contributed by atoms with Gasteiger partial charge in [0.1, 0.15) is 0 Å². The molecule has 2 saturated heterocycles. The number of aliphatic hydroxyl groups excluding tert-OH is 1. The zero-order chi connectivity index (χ0) is 27.8. The van der Waals surface area contributed by atoms with E-state index in [0.717, 1.165) is 12.8 Å². The Morgan fingerprint density at radius 1 is 0.838 bits per heavy atom. The largest absolute Gasteiger partial charge is 0.493 e. The van der Waals surface area contributed by atoms with Gasteiger partial charge >= 0.3 is 5.97 Å². The molecule has 0 spiro atoms. The first-order chi connectivity index (χ1) is 17.7. The number of aliphatic hydroxyl groups is 2. The summed E-state index contributed by atoms with van der Waals surface area (Å²) in [4.78, 5) is 14.4. The Morgan fingerprint density at radius 2 is 1.22 bits per heavy atom. The van der Waals surface area contributed by atoms with Gasteiger partial charge in [-0.15, -0.1) is 0 Å². The third-order valence-corrected chi connectivity index (χ3v) is 6.99. The molecule has 2 bridgehead atoms. The van der Waals surface area contributed by atoms with Gasteiger partial charge in [0.2, 0.25) is 5.60 Å². The average molecular weight is 585 g/mol. The van der Waals surface area contributed by atoms with E-state index in [1.54, 1.807) is 0 Å². The van der Waals surface area contributed by atoms with E-state index in [9.17, 15) is 20.1 Å². The van der Waals surface area contributed by atoms with E-state index >= 15 is 0 Å². The van der Waals surface area contributed by atoms with E-state index in [-0.39, 0.29) is 17.2 Å². The van der Waals surface area contributed by atoms with Crippen molar-refractivity contribution in [1.82, 2.24) is 4.90 Å². The van der Waals surface area contributed by atoms with Crippen molar-refractivity contribution in [3.63, 3.8) is 0 Å². The lowest BCUT2D eigenvalue weighted by Crippen LogP contribution is -2.41. The summed E-state index contributed by atoms with van der Waals surface area (Å²) in [5.41, 5.74) is -2.08. The minimum Gasteiger partial charge on any atom is -0.493 e. The summed E-state index contributed by atoms with van der Waals surface area (Å²) in [6, 6.07) is 10.2. The summed E-state index contributed by atoms with van der Waals surface area (Å²) < 4.78 is 20.7. The number of carboxylic acids is 1. The number of hydrogen-bond donors (Lipinski definition) is 3. The lowest BCUT2D eigenvalue weighted by atomic mass is 9.86. The van der Waals surface area contributed by atoms with Gasteiger partial charge in [-0.3, -0.25) is 0 Å². The van der Waals surface area contributed by atoms with Crippen molar-refractivity contribution in [3.8, 4) is 23.0 Å². The highest BCUT2D eigenvalue weighted by molar-refractivity contribution is 9.08. The highest BCUT2D eigenvalue weighted by atomic mass is 79.9. The Morgan fingerprint density at radius 3 is 1.54 bits per heavy atom. The predicted molar refractivity (Wildman–Crippen MR) is 144 cm³/mol. The Balaban J connectivity index is 0.000000330. The normalized spacial score (nSPS) is 20.5. The van der Waals surface area contributed by atoms with E-state index in [4.69, 9.17) is 18.9 Å². The van der Waals surface area contributed by atoms with Gasteiger partial charge in [-0.25, -0.2) is 4.79 Å². The van der Waals surface area contributed by atoms with E-state index in [2.05, 4.69) is 27.9 Å². The van der Waals surface area contributed by atoms with Crippen LogP contribution in [0.15, 0.2) is 36.4 Å². The summed E-state index contributed by atoms with van der Waals surface area (Å²) in [5, 5.41) is 30.1. The van der Waals surface area contributed by atoms with Crippen LogP contribution in [0.1, 0.15) is 36.8 Å². The first-order valence-corrected chi connectivity index (χ1v) is 13.5. The number of benzene rings is 2. The summed E-state index contributed by atoms with van der Waals surface area (Å²) in [7, 11) is 7.98. The number of piperidine rings is 1. The van der Waals surface area contributed by atoms with Gasteiger partial charge in [0.25, 0.3) is 0 Å². The molecule has 2 heterocycles. The third kappa shape index (κ3) is 6.67. The molecule has 2 aromatic rings. The molecule has 0 saturated carbocycles. The van der Waals surface area contributed by atoms with Crippen LogP contribution in [0.3, 0.4) is 0 Å². The zero-order valence-electron chi connectivity index (χ0n) is 22.2. The van der Waals surface area contributed by atoms with E-state index in [0.29, 0.717) is 35.1 Å². The second-order valence-corrected chi connectivity index (χ2v) is 8.83. The lowest BCUT2D eigenvalue weighted by Gasteiger charge is -2.33. The van der Waals surface area contributed by atoms with Crippen LogP contribution in [0, 0.1) is 0 Å². The van der Waals surface area contributed by atoms with Gasteiger partial charge in [0.05, 0.1) is 34.5 Å². The SMILES string of the molecule is CBr.CN1[C@@H]2CC[C@H]1C[C@@H](O)C2.COc1ccc(C(O)(C(=O)O)c2ccc(OC)c(OC)c2)cc1OC. The van der Waals surface area contributed by atoms with Gasteiger partial charge in [-0.05, 0) is 62.8 Å². The van der Waals surface area contributed by atoms with Crippen molar-refractivity contribution in [2.75, 3.05) is 41.3 Å². The fourth-order valence-corrected chi connectivity index (χ4v) is 4.92. The van der Waals surface area contributed by atoms with Crippen LogP contribution in [0.2, 0.25) is 0 Å². The lowest BCUT2D eigenvalue weighted by molar-refractivity contribution is -0.155. The average Bonchev–Trinajstić information content (AvgIpc) is 3.13. The van der Waals surface area contributed by atoms with Gasteiger partial charge in [0.15, 0.2) is 23.0 Å². The molecule has 3 atom stereocenters. The van der Waals surface area contributed by atoms with Crippen molar-refractivity contribution in [1.29, 1.82) is 0 Å². The topological polar surface area (TPSA) is 118 Å². The van der Waals surface area contributed by atoms with Gasteiger partial charge in [0, 0.05) is 23.2 Å². The monoisotopic (exact) mass is 583 g/mol. The molecule has 2 aromatic carbocycles. The number of carboxylic acid groups (broad SMARTS) is 1. The van der Waals surface area contributed by atoms with Crippen LogP contribution >= 0.6 is 15.9 Å². The van der Waals surface area contributed by atoms with Crippen molar-refractivity contribution in [3.05, 3.63) is 47.5 Å². The highest BCUT2D eigenvalue weighted by Gasteiger charge is 2.41. The number of fused-ring (bicyclic) bond motifs is 2. The molecule has 3 N–H and O–H groups in total. The Hall–Kier alpha value is -2.53. The number of hydrogen-bond acceptors (Lipinski definition) is 8. The van der Waals surface area contributed by atoms with E-state index in [1.807, 2.05) is 5.83 Å². The molecule has 37 heavy (non-hydrogen) atoms. The van der Waals surface area contributed by atoms with Crippen molar-refractivity contribution in [2.24, 2.45) is 0 Å². The molecular weight excluding hydrogens is 546 g/mol. The number of rotatable bonds is 7. The maximum absolute atomic E-state index is 11.9. The molecule has 206 valence electrons. The smallest absolute Gasteiger partial charge is 0.345 e. The van der Waals surface area contributed by atoms with Gasteiger partial charge < -0.3 is 39.2 Å². The summed E-state index contributed by atoms with van der Waals surface area (Å²) in [6.45, 7) is 0. The molecule has 4 rings (SSSR count). The number of methoxy groups -OCH3 is 4. The molecule has 9 nitrogen and oxygen atoms in total. The number of halogens is 1. The fraction of sp³-hybridized carbons (Fsp3) is 0.519. The van der Waals surface area contributed by atoms with E-state index in [1.165, 1.54) is 77.7 Å². The summed E-state index contributed by atoms with van der Waals surface area (Å²) in [6.07, 6.45) is 4.62.